The number of alkyl halides is 4. The molecule has 0 amide bonds. The van der Waals surface area contributed by atoms with Gasteiger partial charge in [-0.3, -0.25) is 0 Å². The highest BCUT2D eigenvalue weighted by atomic mass is 19.3. The molecule has 1 aromatic carbocycles. The van der Waals surface area contributed by atoms with E-state index < -0.39 is 18.4 Å². The van der Waals surface area contributed by atoms with Gasteiger partial charge in [0.1, 0.15) is 11.8 Å². The zero-order valence-electron chi connectivity index (χ0n) is 11.7. The van der Waals surface area contributed by atoms with Crippen molar-refractivity contribution in [2.24, 2.45) is 0 Å². The Morgan fingerprint density at radius 1 is 1.15 bits per heavy atom. The summed E-state index contributed by atoms with van der Waals surface area (Å²) < 4.78 is 57.5. The molecule has 0 aliphatic rings. The average molecular weight is 293 g/mol. The van der Waals surface area contributed by atoms with E-state index in [4.69, 9.17) is 4.74 Å². The molecule has 0 saturated heterocycles. The van der Waals surface area contributed by atoms with Crippen molar-refractivity contribution < 1.29 is 22.3 Å². The predicted octanol–water partition coefficient (Wildman–Crippen LogP) is 4.02. The van der Waals surface area contributed by atoms with Crippen LogP contribution in [0.1, 0.15) is 32.4 Å². The van der Waals surface area contributed by atoms with Crippen LogP contribution in [0, 0.1) is 0 Å². The largest absolute Gasteiger partial charge is 0.491 e. The maximum Gasteiger partial charge on any atom is 0.326 e. The number of halogens is 4. The first-order valence-corrected chi connectivity index (χ1v) is 6.45. The molecule has 1 aromatic rings. The maximum atomic E-state index is 13.6. The smallest absolute Gasteiger partial charge is 0.326 e. The van der Waals surface area contributed by atoms with Crippen molar-refractivity contribution in [3.05, 3.63) is 29.8 Å². The number of ether oxygens (including phenoxy) is 1. The van der Waals surface area contributed by atoms with Gasteiger partial charge in [-0.25, -0.2) is 8.78 Å². The predicted molar refractivity (Wildman–Crippen MR) is 69.6 cm³/mol. The first-order valence-electron chi connectivity index (χ1n) is 6.45. The van der Waals surface area contributed by atoms with Gasteiger partial charge >= 0.3 is 12.3 Å². The normalized spacial score (nSPS) is 13.8. The molecule has 0 fully saturated rings. The molecular formula is C14H19F4NO. The summed E-state index contributed by atoms with van der Waals surface area (Å²) in [7, 11) is 0. The number of nitrogens with one attached hydrogen (secondary N) is 1. The highest BCUT2D eigenvalue weighted by molar-refractivity contribution is 5.30. The van der Waals surface area contributed by atoms with Crippen LogP contribution in [-0.2, 0) is 0 Å². The Labute approximate surface area is 116 Å². The molecule has 0 aromatic heterocycles. The Bertz CT molecular complexity index is 406. The third-order valence-corrected chi connectivity index (χ3v) is 2.67. The number of hydrogen-bond acceptors (Lipinski definition) is 2. The van der Waals surface area contributed by atoms with Gasteiger partial charge in [0, 0.05) is 0 Å². The zero-order chi connectivity index (χ0) is 15.3. The third-order valence-electron chi connectivity index (χ3n) is 2.67. The van der Waals surface area contributed by atoms with Crippen LogP contribution < -0.4 is 10.1 Å². The van der Waals surface area contributed by atoms with Crippen LogP contribution in [0.2, 0.25) is 0 Å². The minimum Gasteiger partial charge on any atom is -0.491 e. The molecule has 0 aliphatic carbocycles. The van der Waals surface area contributed by atoms with E-state index in [1.54, 1.807) is 6.92 Å². The summed E-state index contributed by atoms with van der Waals surface area (Å²) in [6.07, 6.45) is -3.77. The van der Waals surface area contributed by atoms with Gasteiger partial charge in [-0.05, 0) is 38.1 Å². The van der Waals surface area contributed by atoms with Crippen LogP contribution in [0.4, 0.5) is 17.6 Å². The lowest BCUT2D eigenvalue weighted by atomic mass is 10.0. The maximum absolute atomic E-state index is 13.6. The summed E-state index contributed by atoms with van der Waals surface area (Å²) in [4.78, 5) is 0. The summed E-state index contributed by atoms with van der Waals surface area (Å²) in [6, 6.07) is 4.03. The Morgan fingerprint density at radius 3 is 2.10 bits per heavy atom. The van der Waals surface area contributed by atoms with Crippen LogP contribution in [0.25, 0.3) is 0 Å². The lowest BCUT2D eigenvalue weighted by molar-refractivity contribution is -0.151. The third kappa shape index (κ3) is 4.10. The number of hydrogen-bond donors (Lipinski definition) is 1. The van der Waals surface area contributed by atoms with Crippen molar-refractivity contribution in [2.75, 3.05) is 6.54 Å². The first kappa shape index (κ1) is 16.8. The SMILES string of the molecule is CCNC(c1ccc(OC(C)C)cc1)C(F)(F)C(F)F. The van der Waals surface area contributed by atoms with Crippen LogP contribution >= 0.6 is 0 Å². The fraction of sp³-hybridized carbons (Fsp3) is 0.571. The second-order valence-electron chi connectivity index (χ2n) is 4.70. The van der Waals surface area contributed by atoms with E-state index in [2.05, 4.69) is 5.32 Å². The Kier molecular flexibility index (Phi) is 5.80. The molecule has 20 heavy (non-hydrogen) atoms. The van der Waals surface area contributed by atoms with Crippen LogP contribution in [0.5, 0.6) is 5.75 Å². The fourth-order valence-electron chi connectivity index (χ4n) is 1.82. The molecule has 0 bridgehead atoms. The molecule has 6 heteroatoms. The summed E-state index contributed by atoms with van der Waals surface area (Å²) in [5.41, 5.74) is 0.105. The van der Waals surface area contributed by atoms with E-state index in [-0.39, 0.29) is 18.2 Å². The van der Waals surface area contributed by atoms with Gasteiger partial charge in [-0.1, -0.05) is 19.1 Å². The van der Waals surface area contributed by atoms with Crippen molar-refractivity contribution in [2.45, 2.75) is 45.3 Å². The molecular weight excluding hydrogens is 274 g/mol. The van der Waals surface area contributed by atoms with Gasteiger partial charge in [0.15, 0.2) is 0 Å². The molecule has 2 nitrogen and oxygen atoms in total. The fourth-order valence-corrected chi connectivity index (χ4v) is 1.82. The van der Waals surface area contributed by atoms with Crippen LogP contribution in [0.15, 0.2) is 24.3 Å². The van der Waals surface area contributed by atoms with Crippen molar-refractivity contribution in [1.82, 2.24) is 5.32 Å². The van der Waals surface area contributed by atoms with Crippen molar-refractivity contribution in [1.29, 1.82) is 0 Å². The molecule has 0 heterocycles. The molecule has 0 radical (unpaired) electrons. The molecule has 1 rings (SSSR count). The molecule has 114 valence electrons. The van der Waals surface area contributed by atoms with Gasteiger partial charge in [-0.2, -0.15) is 8.78 Å². The monoisotopic (exact) mass is 293 g/mol. The Hall–Kier alpha value is -1.30. The Morgan fingerprint density at radius 2 is 1.70 bits per heavy atom. The van der Waals surface area contributed by atoms with E-state index in [0.717, 1.165) is 0 Å². The van der Waals surface area contributed by atoms with Gasteiger partial charge in [0.05, 0.1) is 6.10 Å². The topological polar surface area (TPSA) is 21.3 Å². The van der Waals surface area contributed by atoms with Gasteiger partial charge < -0.3 is 10.1 Å². The highest BCUT2D eigenvalue weighted by Gasteiger charge is 2.49. The van der Waals surface area contributed by atoms with Crippen LogP contribution in [0.3, 0.4) is 0 Å². The van der Waals surface area contributed by atoms with E-state index >= 15 is 0 Å². The molecule has 0 aliphatic heterocycles. The number of rotatable bonds is 7. The standard InChI is InChI=1S/C14H19F4NO/c1-4-19-12(14(17,18)13(15)16)10-5-7-11(8-6-10)20-9(2)3/h5-9,12-13,19H,4H2,1-3H3. The quantitative estimate of drug-likeness (QED) is 0.767. The molecule has 1 atom stereocenters. The van der Waals surface area contributed by atoms with Gasteiger partial charge in [0.2, 0.25) is 0 Å². The second-order valence-corrected chi connectivity index (χ2v) is 4.70. The first-order chi connectivity index (χ1) is 9.28. The van der Waals surface area contributed by atoms with E-state index in [1.807, 2.05) is 13.8 Å². The lowest BCUT2D eigenvalue weighted by Gasteiger charge is -2.27. The summed E-state index contributed by atoms with van der Waals surface area (Å²) >= 11 is 0. The molecule has 0 saturated carbocycles. The molecule has 1 N–H and O–H groups in total. The van der Waals surface area contributed by atoms with Crippen molar-refractivity contribution >= 4 is 0 Å². The zero-order valence-corrected chi connectivity index (χ0v) is 11.7. The summed E-state index contributed by atoms with van der Waals surface area (Å²) in [5.74, 6) is -3.62. The minimum absolute atomic E-state index is 0.0482. The highest BCUT2D eigenvalue weighted by Crippen LogP contribution is 2.37. The second kappa shape index (κ2) is 6.92. The minimum atomic E-state index is -4.13. The lowest BCUT2D eigenvalue weighted by Crippen LogP contribution is -2.42. The molecule has 0 spiro atoms. The van der Waals surface area contributed by atoms with E-state index in [1.165, 1.54) is 24.3 Å². The van der Waals surface area contributed by atoms with Gasteiger partial charge in [-0.15, -0.1) is 0 Å². The van der Waals surface area contributed by atoms with Gasteiger partial charge in [0.25, 0.3) is 0 Å². The Balaban J connectivity index is 2.98. The van der Waals surface area contributed by atoms with E-state index in [9.17, 15) is 17.6 Å². The van der Waals surface area contributed by atoms with E-state index in [0.29, 0.717) is 5.75 Å². The van der Waals surface area contributed by atoms with Crippen molar-refractivity contribution in [3.8, 4) is 5.75 Å². The van der Waals surface area contributed by atoms with Crippen LogP contribution in [-0.4, -0.2) is 25.0 Å². The van der Waals surface area contributed by atoms with Crippen molar-refractivity contribution in [3.63, 3.8) is 0 Å². The number of benzene rings is 1. The summed E-state index contributed by atoms with van der Waals surface area (Å²) in [6.45, 7) is 5.42. The molecule has 1 unspecified atom stereocenters. The summed E-state index contributed by atoms with van der Waals surface area (Å²) in [5, 5.41) is 2.41. The average Bonchev–Trinajstić information content (AvgIpc) is 2.36.